The number of pyridine rings is 1. The summed E-state index contributed by atoms with van der Waals surface area (Å²) in [5.74, 6) is -0.0957. The molecule has 1 saturated heterocycles. The van der Waals surface area contributed by atoms with E-state index in [1.54, 1.807) is 6.20 Å². The lowest BCUT2D eigenvalue weighted by atomic mass is 10.0. The van der Waals surface area contributed by atoms with Gasteiger partial charge >= 0.3 is 0 Å². The first-order chi connectivity index (χ1) is 10.3. The number of carbonyl (C=O) groups is 1. The van der Waals surface area contributed by atoms with Gasteiger partial charge in [0.15, 0.2) is 0 Å². The molecule has 1 amide bonds. The minimum absolute atomic E-state index is 0.0957. The molecule has 3 rings (SSSR count). The summed E-state index contributed by atoms with van der Waals surface area (Å²) in [6, 6.07) is 3.95. The summed E-state index contributed by atoms with van der Waals surface area (Å²) in [6.45, 7) is 3.18. The number of nitrogens with one attached hydrogen (secondary N) is 1. The first kappa shape index (κ1) is 14.1. The van der Waals surface area contributed by atoms with Crippen molar-refractivity contribution in [1.82, 2.24) is 10.3 Å². The highest BCUT2D eigenvalue weighted by Gasteiger charge is 2.16. The lowest BCUT2D eigenvalue weighted by Crippen LogP contribution is -2.37. The summed E-state index contributed by atoms with van der Waals surface area (Å²) < 4.78 is 5.36. The number of nitrogens with zero attached hydrogens (tertiary/aromatic N) is 2. The number of aromatic nitrogens is 1. The number of hydrogen-bond donors (Lipinski definition) is 1. The molecular weight excluding hydrogens is 266 g/mol. The second-order valence-corrected chi connectivity index (χ2v) is 5.44. The number of amides is 1. The Morgan fingerprint density at radius 2 is 2.24 bits per heavy atom. The van der Waals surface area contributed by atoms with Gasteiger partial charge in [-0.15, -0.1) is 0 Å². The molecule has 1 aliphatic carbocycles. The maximum absolute atomic E-state index is 12.3. The van der Waals surface area contributed by atoms with E-state index < -0.39 is 0 Å². The van der Waals surface area contributed by atoms with Gasteiger partial charge in [0.1, 0.15) is 5.69 Å². The zero-order chi connectivity index (χ0) is 14.5. The lowest BCUT2D eigenvalue weighted by Gasteiger charge is -2.29. The molecule has 0 saturated carbocycles. The fraction of sp³-hybridized carbons (Fsp3) is 0.500. The van der Waals surface area contributed by atoms with E-state index in [1.165, 1.54) is 0 Å². The van der Waals surface area contributed by atoms with E-state index in [0.717, 1.165) is 51.3 Å². The molecule has 0 aromatic carbocycles. The quantitative estimate of drug-likeness (QED) is 0.861. The molecule has 112 valence electrons. The second-order valence-electron chi connectivity index (χ2n) is 5.44. The number of morpholine rings is 1. The van der Waals surface area contributed by atoms with Gasteiger partial charge in [-0.2, -0.15) is 0 Å². The van der Waals surface area contributed by atoms with E-state index in [0.29, 0.717) is 5.69 Å². The molecule has 0 radical (unpaired) electrons. The predicted octanol–water partition coefficient (Wildman–Crippen LogP) is 1.76. The Bertz CT molecular complexity index is 524. The molecule has 1 aromatic rings. The fourth-order valence-corrected chi connectivity index (χ4v) is 2.74. The fourth-order valence-electron chi connectivity index (χ4n) is 2.74. The molecule has 1 fully saturated rings. The van der Waals surface area contributed by atoms with E-state index in [4.69, 9.17) is 4.74 Å². The number of hydrogen-bond acceptors (Lipinski definition) is 4. The first-order valence-corrected chi connectivity index (χ1v) is 7.59. The molecule has 1 unspecified atom stereocenters. The molecule has 0 spiro atoms. The van der Waals surface area contributed by atoms with Gasteiger partial charge in [-0.05, 0) is 31.4 Å². The first-order valence-electron chi connectivity index (χ1n) is 7.59. The van der Waals surface area contributed by atoms with Gasteiger partial charge in [-0.3, -0.25) is 9.78 Å². The summed E-state index contributed by atoms with van der Waals surface area (Å²) >= 11 is 0. The third kappa shape index (κ3) is 3.61. The van der Waals surface area contributed by atoms with Crippen LogP contribution in [0.1, 0.15) is 29.8 Å². The molecule has 1 atom stereocenters. The molecule has 1 aliphatic heterocycles. The Hall–Kier alpha value is -1.88. The van der Waals surface area contributed by atoms with Crippen molar-refractivity contribution in [3.63, 3.8) is 0 Å². The van der Waals surface area contributed by atoms with Crippen LogP contribution in [0.5, 0.6) is 0 Å². The molecule has 1 N–H and O–H groups in total. The summed E-state index contributed by atoms with van der Waals surface area (Å²) in [5.41, 5.74) is 1.52. The number of carbonyl (C=O) groups excluding carboxylic acids is 1. The zero-order valence-corrected chi connectivity index (χ0v) is 12.1. The van der Waals surface area contributed by atoms with Crippen LogP contribution in [0.4, 0.5) is 5.69 Å². The Morgan fingerprint density at radius 1 is 1.38 bits per heavy atom. The minimum atomic E-state index is -0.0957. The smallest absolute Gasteiger partial charge is 0.270 e. The van der Waals surface area contributed by atoms with Crippen LogP contribution in [0.2, 0.25) is 0 Å². The van der Waals surface area contributed by atoms with Crippen LogP contribution in [0.25, 0.3) is 0 Å². The molecule has 2 aliphatic rings. The van der Waals surface area contributed by atoms with Crippen molar-refractivity contribution >= 4 is 11.6 Å². The van der Waals surface area contributed by atoms with E-state index in [-0.39, 0.29) is 11.9 Å². The van der Waals surface area contributed by atoms with Crippen molar-refractivity contribution in [3.8, 4) is 0 Å². The van der Waals surface area contributed by atoms with Crippen molar-refractivity contribution in [3.05, 3.63) is 36.2 Å². The van der Waals surface area contributed by atoms with Crippen molar-refractivity contribution in [2.24, 2.45) is 0 Å². The molecule has 5 heteroatoms. The summed E-state index contributed by atoms with van der Waals surface area (Å²) in [7, 11) is 0. The maximum Gasteiger partial charge on any atom is 0.270 e. The standard InChI is InChI=1S/C16H21N3O2/c20-16(18-13-4-2-1-3-5-13)15-12-14(6-7-17-15)19-8-10-21-11-9-19/h2,4,6-7,12-13H,1,3,5,8-11H2,(H,18,20). The minimum Gasteiger partial charge on any atom is -0.378 e. The predicted molar refractivity (Wildman–Crippen MR) is 81.5 cm³/mol. The SMILES string of the molecule is O=C(NC1C=CCCC1)c1cc(N2CCOCC2)ccn1. The summed E-state index contributed by atoms with van der Waals surface area (Å²) in [6.07, 6.45) is 9.15. The largest absolute Gasteiger partial charge is 0.378 e. The van der Waals surface area contributed by atoms with Crippen LogP contribution < -0.4 is 10.2 Å². The van der Waals surface area contributed by atoms with Crippen LogP contribution in [-0.4, -0.2) is 43.2 Å². The van der Waals surface area contributed by atoms with Crippen molar-refractivity contribution in [2.75, 3.05) is 31.2 Å². The zero-order valence-electron chi connectivity index (χ0n) is 12.1. The molecule has 21 heavy (non-hydrogen) atoms. The van der Waals surface area contributed by atoms with Crippen LogP contribution in [0, 0.1) is 0 Å². The van der Waals surface area contributed by atoms with Gasteiger partial charge in [0.25, 0.3) is 5.91 Å². The molecular formula is C16H21N3O2. The highest BCUT2D eigenvalue weighted by atomic mass is 16.5. The molecule has 0 bridgehead atoms. The monoisotopic (exact) mass is 287 g/mol. The highest BCUT2D eigenvalue weighted by Crippen LogP contribution is 2.17. The van der Waals surface area contributed by atoms with Crippen LogP contribution in [0.15, 0.2) is 30.5 Å². The Kier molecular flexibility index (Phi) is 4.50. The van der Waals surface area contributed by atoms with Gasteiger partial charge in [0.2, 0.25) is 0 Å². The second kappa shape index (κ2) is 6.72. The van der Waals surface area contributed by atoms with E-state index in [2.05, 4.69) is 27.4 Å². The number of rotatable bonds is 3. The Balaban J connectivity index is 1.68. The van der Waals surface area contributed by atoms with Crippen molar-refractivity contribution < 1.29 is 9.53 Å². The molecule has 5 nitrogen and oxygen atoms in total. The lowest BCUT2D eigenvalue weighted by molar-refractivity contribution is 0.0937. The highest BCUT2D eigenvalue weighted by molar-refractivity contribution is 5.93. The molecule has 2 heterocycles. The normalized spacial score (nSPS) is 22.1. The van der Waals surface area contributed by atoms with Gasteiger partial charge in [-0.1, -0.05) is 12.2 Å². The average Bonchev–Trinajstić information content (AvgIpc) is 2.57. The van der Waals surface area contributed by atoms with E-state index >= 15 is 0 Å². The number of allylic oxidation sites excluding steroid dienone is 1. The van der Waals surface area contributed by atoms with Gasteiger partial charge in [0, 0.05) is 31.0 Å². The molecule has 1 aromatic heterocycles. The van der Waals surface area contributed by atoms with Gasteiger partial charge in [-0.25, -0.2) is 0 Å². The third-order valence-electron chi connectivity index (χ3n) is 3.92. The Morgan fingerprint density at radius 3 is 3.00 bits per heavy atom. The van der Waals surface area contributed by atoms with Gasteiger partial charge < -0.3 is 15.0 Å². The average molecular weight is 287 g/mol. The van der Waals surface area contributed by atoms with Crippen LogP contribution in [0.3, 0.4) is 0 Å². The number of ether oxygens (including phenoxy) is 1. The summed E-state index contributed by atoms with van der Waals surface area (Å²) in [5, 5.41) is 3.03. The third-order valence-corrected chi connectivity index (χ3v) is 3.92. The van der Waals surface area contributed by atoms with Gasteiger partial charge in [0.05, 0.1) is 13.2 Å². The Labute approximate surface area is 125 Å². The maximum atomic E-state index is 12.3. The van der Waals surface area contributed by atoms with E-state index in [1.807, 2.05) is 12.1 Å². The van der Waals surface area contributed by atoms with Crippen molar-refractivity contribution in [2.45, 2.75) is 25.3 Å². The van der Waals surface area contributed by atoms with Crippen molar-refractivity contribution in [1.29, 1.82) is 0 Å². The number of anilines is 1. The summed E-state index contributed by atoms with van der Waals surface area (Å²) in [4.78, 5) is 18.7. The topological polar surface area (TPSA) is 54.5 Å². The van der Waals surface area contributed by atoms with E-state index in [9.17, 15) is 4.79 Å². The van der Waals surface area contributed by atoms with Crippen LogP contribution in [-0.2, 0) is 4.74 Å². The van der Waals surface area contributed by atoms with Crippen LogP contribution >= 0.6 is 0 Å².